The zero-order valence-corrected chi connectivity index (χ0v) is 9.43. The van der Waals surface area contributed by atoms with Crippen LogP contribution in [0.2, 0.25) is 0 Å². The van der Waals surface area contributed by atoms with Crippen LogP contribution in [0.15, 0.2) is 18.2 Å². The van der Waals surface area contributed by atoms with E-state index in [1.807, 2.05) is 0 Å². The molecule has 0 heterocycles. The van der Waals surface area contributed by atoms with Gasteiger partial charge in [-0.2, -0.15) is 0 Å². The maximum absolute atomic E-state index is 11.2. The molecule has 0 radical (unpaired) electrons. The molecule has 1 aromatic rings. The lowest BCUT2D eigenvalue weighted by atomic mass is 10.2. The molecule has 82 valence electrons. The predicted molar refractivity (Wildman–Crippen MR) is 62.1 cm³/mol. The Labute approximate surface area is 90.6 Å². The highest BCUT2D eigenvalue weighted by molar-refractivity contribution is 7.41. The maximum atomic E-state index is 11.2. The van der Waals surface area contributed by atoms with Crippen LogP contribution in [0.25, 0.3) is 0 Å². The lowest BCUT2D eigenvalue weighted by Gasteiger charge is -2.09. The molecule has 0 amide bonds. The zero-order valence-electron chi connectivity index (χ0n) is 8.27. The summed E-state index contributed by atoms with van der Waals surface area (Å²) in [5.74, 6) is 0.498. The summed E-state index contributed by atoms with van der Waals surface area (Å²) in [6.07, 6.45) is 0.537. The first-order valence-corrected chi connectivity index (χ1v) is 5.16. The molecule has 0 spiro atoms. The molecule has 0 saturated carbocycles. The summed E-state index contributed by atoms with van der Waals surface area (Å²) >= 11 is 0. The summed E-state index contributed by atoms with van der Waals surface area (Å²) in [4.78, 5) is 11.2. The van der Waals surface area contributed by atoms with Gasteiger partial charge in [0.25, 0.3) is 0 Å². The van der Waals surface area contributed by atoms with E-state index in [1.165, 1.54) is 0 Å². The Morgan fingerprint density at radius 3 is 2.87 bits per heavy atom. The minimum absolute atomic E-state index is 0.0686. The van der Waals surface area contributed by atoms with E-state index in [0.717, 1.165) is 0 Å². The van der Waals surface area contributed by atoms with E-state index in [4.69, 9.17) is 15.6 Å². The highest BCUT2D eigenvalue weighted by Gasteiger charge is 2.08. The van der Waals surface area contributed by atoms with Gasteiger partial charge in [-0.3, -0.25) is 4.79 Å². The zero-order chi connectivity index (χ0) is 11.3. The second-order valence-electron chi connectivity index (χ2n) is 3.05. The van der Waals surface area contributed by atoms with Crippen LogP contribution in [0.1, 0.15) is 16.8 Å². The summed E-state index contributed by atoms with van der Waals surface area (Å²) in [7, 11) is 2.08. The molecule has 1 rings (SSSR count). The van der Waals surface area contributed by atoms with Gasteiger partial charge in [-0.05, 0) is 18.2 Å². The number of hydrogen-bond acceptors (Lipinski definition) is 4. The third kappa shape index (κ3) is 3.50. The molecule has 0 aromatic heterocycles. The lowest BCUT2D eigenvalue weighted by Crippen LogP contribution is -2.04. The number of rotatable bonds is 5. The Bertz CT molecular complexity index is 355. The van der Waals surface area contributed by atoms with Crippen molar-refractivity contribution in [2.24, 2.45) is 0 Å². The summed E-state index contributed by atoms with van der Waals surface area (Å²) < 4.78 is 5.34. The maximum Gasteiger partial charge on any atom is 0.181 e. The number of aliphatic hydroxyl groups is 1. The Morgan fingerprint density at radius 2 is 2.27 bits per heavy atom. The number of hydrogen-bond donors (Lipinski definition) is 2. The lowest BCUT2D eigenvalue weighted by molar-refractivity contribution is 0.108. The average Bonchev–Trinajstić information content (AvgIpc) is 2.20. The van der Waals surface area contributed by atoms with E-state index in [9.17, 15) is 4.79 Å². The Kier molecular flexibility index (Phi) is 4.53. The van der Waals surface area contributed by atoms with Gasteiger partial charge in [0.05, 0.1) is 12.2 Å². The smallest absolute Gasteiger partial charge is 0.181 e. The van der Waals surface area contributed by atoms with E-state index >= 15 is 0 Å². The Balaban J connectivity index is 2.81. The third-order valence-corrected chi connectivity index (χ3v) is 2.14. The molecule has 0 aliphatic rings. The quantitative estimate of drug-likeness (QED) is 0.448. The molecule has 1 aromatic carbocycles. The van der Waals surface area contributed by atoms with Crippen LogP contribution in [0.5, 0.6) is 5.75 Å². The summed E-state index contributed by atoms with van der Waals surface area (Å²) in [6.45, 7) is 0.449. The molecule has 3 N–H and O–H groups in total. The first kappa shape index (κ1) is 12.0. The molecule has 5 heteroatoms. The number of benzene rings is 1. The SMILES string of the molecule is Nc1ccc(OCCCO)c(C(=O)P)c1. The van der Waals surface area contributed by atoms with Gasteiger partial charge in [0.1, 0.15) is 5.75 Å². The van der Waals surface area contributed by atoms with Crippen molar-refractivity contribution in [3.63, 3.8) is 0 Å². The van der Waals surface area contributed by atoms with E-state index < -0.39 is 0 Å². The van der Waals surface area contributed by atoms with Crippen LogP contribution in [0.4, 0.5) is 5.69 Å². The number of nitrogens with two attached hydrogens (primary N) is 1. The number of nitrogen functional groups attached to an aromatic ring is 1. The standard InChI is InChI=1S/C10H14NO3P/c11-7-2-3-9(14-5-1-4-12)8(6-7)10(13)15/h2-3,6,12H,1,4-5,11,15H2. The number of anilines is 1. The van der Waals surface area contributed by atoms with Crippen molar-refractivity contribution in [3.05, 3.63) is 23.8 Å². The number of aliphatic hydroxyl groups excluding tert-OH is 1. The van der Waals surface area contributed by atoms with Gasteiger partial charge in [0.2, 0.25) is 0 Å². The Hall–Kier alpha value is -1.12. The largest absolute Gasteiger partial charge is 0.493 e. The fraction of sp³-hybridized carbons (Fsp3) is 0.300. The van der Waals surface area contributed by atoms with E-state index in [0.29, 0.717) is 30.0 Å². The molecule has 0 aliphatic carbocycles. The van der Waals surface area contributed by atoms with Gasteiger partial charge in [0, 0.05) is 18.7 Å². The van der Waals surface area contributed by atoms with Gasteiger partial charge in [-0.25, -0.2) is 0 Å². The molecule has 0 aliphatic heterocycles. The molecule has 1 atom stereocenters. The van der Waals surface area contributed by atoms with E-state index in [2.05, 4.69) is 9.24 Å². The highest BCUT2D eigenvalue weighted by Crippen LogP contribution is 2.23. The summed E-state index contributed by atoms with van der Waals surface area (Å²) in [6, 6.07) is 4.90. The number of ether oxygens (including phenoxy) is 1. The molecule has 1 unspecified atom stereocenters. The molecule has 15 heavy (non-hydrogen) atoms. The molecular formula is C10H14NO3P. The van der Waals surface area contributed by atoms with Crippen LogP contribution in [-0.4, -0.2) is 23.8 Å². The second-order valence-corrected chi connectivity index (χ2v) is 3.57. The van der Waals surface area contributed by atoms with Gasteiger partial charge in [-0.15, -0.1) is 0 Å². The number of carbonyl (C=O) groups excluding carboxylic acids is 1. The minimum atomic E-state index is -0.165. The van der Waals surface area contributed by atoms with Crippen molar-refractivity contribution in [2.45, 2.75) is 6.42 Å². The fourth-order valence-electron chi connectivity index (χ4n) is 1.11. The van der Waals surface area contributed by atoms with Crippen molar-refractivity contribution < 1.29 is 14.6 Å². The van der Waals surface area contributed by atoms with Crippen molar-refractivity contribution >= 4 is 20.5 Å². The monoisotopic (exact) mass is 227 g/mol. The fourth-order valence-corrected chi connectivity index (χ4v) is 1.34. The van der Waals surface area contributed by atoms with Crippen LogP contribution in [0.3, 0.4) is 0 Å². The number of carbonyl (C=O) groups is 1. The predicted octanol–water partition coefficient (Wildman–Crippen LogP) is 1.05. The van der Waals surface area contributed by atoms with Crippen molar-refractivity contribution in [2.75, 3.05) is 18.9 Å². The second kappa shape index (κ2) is 5.69. The summed E-state index contributed by atoms with van der Waals surface area (Å²) in [5.41, 5.74) is 6.36. The molecule has 0 bridgehead atoms. The van der Waals surface area contributed by atoms with Gasteiger partial charge < -0.3 is 15.6 Å². The van der Waals surface area contributed by atoms with Gasteiger partial charge in [0.15, 0.2) is 5.52 Å². The van der Waals surface area contributed by atoms with E-state index in [-0.39, 0.29) is 12.1 Å². The van der Waals surface area contributed by atoms with Gasteiger partial charge >= 0.3 is 0 Å². The van der Waals surface area contributed by atoms with Crippen molar-refractivity contribution in [1.29, 1.82) is 0 Å². The van der Waals surface area contributed by atoms with Crippen molar-refractivity contribution in [1.82, 2.24) is 0 Å². The normalized spacial score (nSPS) is 10.0. The van der Waals surface area contributed by atoms with Crippen LogP contribution < -0.4 is 10.5 Å². The molecule has 4 nitrogen and oxygen atoms in total. The van der Waals surface area contributed by atoms with Crippen LogP contribution in [-0.2, 0) is 0 Å². The first-order valence-electron chi connectivity index (χ1n) is 4.58. The molecule has 0 saturated heterocycles. The van der Waals surface area contributed by atoms with Crippen LogP contribution in [0, 0.1) is 0 Å². The first-order chi connectivity index (χ1) is 7.15. The average molecular weight is 227 g/mol. The minimum Gasteiger partial charge on any atom is -0.493 e. The summed E-state index contributed by atoms with van der Waals surface area (Å²) in [5, 5.41) is 8.60. The van der Waals surface area contributed by atoms with Crippen molar-refractivity contribution in [3.8, 4) is 5.75 Å². The highest BCUT2D eigenvalue weighted by atomic mass is 31.0. The van der Waals surface area contributed by atoms with Crippen LogP contribution >= 0.6 is 9.24 Å². The topological polar surface area (TPSA) is 72.6 Å². The van der Waals surface area contributed by atoms with E-state index in [1.54, 1.807) is 18.2 Å². The third-order valence-electron chi connectivity index (χ3n) is 1.83. The van der Waals surface area contributed by atoms with Gasteiger partial charge in [-0.1, -0.05) is 9.24 Å². The molecule has 0 fully saturated rings. The molecular weight excluding hydrogens is 213 g/mol. The Morgan fingerprint density at radius 1 is 1.53 bits per heavy atom.